The lowest BCUT2D eigenvalue weighted by Crippen LogP contribution is -2.45. The van der Waals surface area contributed by atoms with E-state index in [1.807, 2.05) is 43.3 Å². The smallest absolute Gasteiger partial charge is 0.180 e. The van der Waals surface area contributed by atoms with Gasteiger partial charge in [0, 0.05) is 59.4 Å². The van der Waals surface area contributed by atoms with E-state index < -0.39 is 5.92 Å². The molecule has 1 heterocycles. The van der Waals surface area contributed by atoms with Crippen LogP contribution in [0.15, 0.2) is 63.4 Å². The van der Waals surface area contributed by atoms with Crippen molar-refractivity contribution in [3.05, 3.63) is 79.6 Å². The molecule has 1 aliphatic heterocycles. The van der Waals surface area contributed by atoms with Crippen molar-refractivity contribution in [1.82, 2.24) is 4.90 Å². The summed E-state index contributed by atoms with van der Waals surface area (Å²) in [7, 11) is 1.68. The lowest BCUT2D eigenvalue weighted by molar-refractivity contribution is -0.119. The second-order valence-electron chi connectivity index (χ2n) is 13.4. The molecule has 0 radical (unpaired) electrons. The fourth-order valence-electron chi connectivity index (χ4n) is 6.73. The fraction of sp³-hybridized carbons (Fsp3) is 0.486. The third-order valence-corrected chi connectivity index (χ3v) is 9.31. The minimum atomic E-state index is -0.520. The van der Waals surface area contributed by atoms with Gasteiger partial charge >= 0.3 is 0 Å². The number of ether oxygens (including phenoxy) is 3. The molecule has 0 saturated carbocycles. The Morgan fingerprint density at radius 3 is 2.02 bits per heavy atom. The maximum atomic E-state index is 14.1. The number of rotatable bonds is 9. The average molecular weight is 671 g/mol. The minimum Gasteiger partial charge on any atom is -0.490 e. The molecule has 0 unspecified atom stereocenters. The molecule has 0 atom stereocenters. The number of carbonyl (C=O) groups is 2. The molecule has 0 fully saturated rings. The number of allylic oxidation sites excluding steroid dienone is 4. The summed E-state index contributed by atoms with van der Waals surface area (Å²) >= 11 is 10.4. The van der Waals surface area contributed by atoms with Gasteiger partial charge in [0.2, 0.25) is 0 Å². The molecule has 8 heteroatoms. The molecule has 43 heavy (non-hydrogen) atoms. The molecule has 0 bridgehead atoms. The van der Waals surface area contributed by atoms with Gasteiger partial charge in [-0.2, -0.15) is 0 Å². The molecule has 0 saturated heterocycles. The Bertz CT molecular complexity index is 1440. The Hall–Kier alpha value is -2.61. The number of carbonyl (C=O) groups excluding carboxylic acids is 2. The molecular weight excluding hydrogens is 630 g/mol. The number of methoxy groups -OCH3 is 1. The molecule has 0 N–H and O–H groups in total. The van der Waals surface area contributed by atoms with Crippen molar-refractivity contribution in [3.63, 3.8) is 0 Å². The Morgan fingerprint density at radius 2 is 1.49 bits per heavy atom. The first kappa shape index (κ1) is 31.8. The van der Waals surface area contributed by atoms with E-state index in [2.05, 4.69) is 48.5 Å². The molecular formula is C35H41BrClNO5. The minimum absolute atomic E-state index is 0.0764. The summed E-state index contributed by atoms with van der Waals surface area (Å²) < 4.78 is 18.8. The monoisotopic (exact) mass is 669 g/mol. The van der Waals surface area contributed by atoms with E-state index in [1.165, 1.54) is 0 Å². The van der Waals surface area contributed by atoms with Gasteiger partial charge in [-0.1, -0.05) is 67.4 Å². The van der Waals surface area contributed by atoms with E-state index in [0.717, 1.165) is 39.8 Å². The second-order valence-corrected chi connectivity index (χ2v) is 14.7. The van der Waals surface area contributed by atoms with Crippen molar-refractivity contribution in [2.24, 2.45) is 10.8 Å². The first-order chi connectivity index (χ1) is 20.3. The van der Waals surface area contributed by atoms with E-state index in [9.17, 15) is 9.59 Å². The van der Waals surface area contributed by atoms with Gasteiger partial charge in [-0.15, -0.1) is 0 Å². The lowest BCUT2D eigenvalue weighted by atomic mass is 9.63. The van der Waals surface area contributed by atoms with Gasteiger partial charge in [0.1, 0.15) is 6.61 Å². The predicted octanol–water partition coefficient (Wildman–Crippen LogP) is 8.41. The van der Waals surface area contributed by atoms with E-state index in [-0.39, 0.29) is 22.4 Å². The van der Waals surface area contributed by atoms with Crippen LogP contribution in [-0.4, -0.2) is 43.3 Å². The van der Waals surface area contributed by atoms with Gasteiger partial charge in [-0.25, -0.2) is 0 Å². The summed E-state index contributed by atoms with van der Waals surface area (Å²) in [5, 5.41) is 0.386. The number of ketones is 2. The van der Waals surface area contributed by atoms with Gasteiger partial charge < -0.3 is 19.1 Å². The van der Waals surface area contributed by atoms with Crippen molar-refractivity contribution < 1.29 is 23.8 Å². The van der Waals surface area contributed by atoms with E-state index in [4.69, 9.17) is 25.8 Å². The van der Waals surface area contributed by atoms with Crippen LogP contribution in [0.3, 0.4) is 0 Å². The Kier molecular flexibility index (Phi) is 9.18. The Labute approximate surface area is 268 Å². The number of hydrogen-bond donors (Lipinski definition) is 0. The van der Waals surface area contributed by atoms with Gasteiger partial charge in [-0.05, 0) is 66.0 Å². The normalized spacial score (nSPS) is 19.9. The van der Waals surface area contributed by atoms with Crippen molar-refractivity contribution in [1.29, 1.82) is 0 Å². The topological polar surface area (TPSA) is 65.1 Å². The van der Waals surface area contributed by atoms with Crippen LogP contribution in [0.5, 0.6) is 11.5 Å². The molecule has 6 nitrogen and oxygen atoms in total. The summed E-state index contributed by atoms with van der Waals surface area (Å²) in [6, 6.07) is 11.7. The molecule has 230 valence electrons. The summed E-state index contributed by atoms with van der Waals surface area (Å²) in [5.74, 6) is 0.581. The van der Waals surface area contributed by atoms with Gasteiger partial charge in [-0.3, -0.25) is 9.59 Å². The third-order valence-electron chi connectivity index (χ3n) is 8.50. The second kappa shape index (κ2) is 12.4. The maximum absolute atomic E-state index is 14.1. The van der Waals surface area contributed by atoms with Crippen LogP contribution >= 0.6 is 27.5 Å². The summed E-state index contributed by atoms with van der Waals surface area (Å²) in [6.07, 6.45) is 2.31. The highest BCUT2D eigenvalue weighted by molar-refractivity contribution is 9.10. The van der Waals surface area contributed by atoms with Gasteiger partial charge in [0.25, 0.3) is 0 Å². The molecule has 5 rings (SSSR count). The number of Topliss-reactive ketones (excluding diaryl/α,β-unsaturated/α-hetero) is 2. The van der Waals surface area contributed by atoms with E-state index in [1.54, 1.807) is 7.11 Å². The molecule has 0 amide bonds. The summed E-state index contributed by atoms with van der Waals surface area (Å²) in [5.41, 5.74) is 4.76. The van der Waals surface area contributed by atoms with Crippen LogP contribution in [0.2, 0.25) is 5.02 Å². The largest absolute Gasteiger partial charge is 0.490 e. The van der Waals surface area contributed by atoms with Crippen molar-refractivity contribution in [2.45, 2.75) is 72.8 Å². The zero-order valence-electron chi connectivity index (χ0n) is 25.9. The van der Waals surface area contributed by atoms with Crippen LogP contribution in [-0.2, 0) is 20.9 Å². The number of benzene rings is 2. The van der Waals surface area contributed by atoms with Crippen molar-refractivity contribution in [2.75, 3.05) is 26.9 Å². The molecule has 0 spiro atoms. The lowest BCUT2D eigenvalue weighted by Gasteiger charge is -2.49. The highest BCUT2D eigenvalue weighted by Gasteiger charge is 2.49. The number of halogens is 2. The molecule has 3 aliphatic rings. The van der Waals surface area contributed by atoms with E-state index >= 15 is 0 Å². The van der Waals surface area contributed by atoms with Crippen LogP contribution in [0, 0.1) is 10.8 Å². The molecule has 2 aromatic carbocycles. The Morgan fingerprint density at radius 1 is 0.907 bits per heavy atom. The van der Waals surface area contributed by atoms with Gasteiger partial charge in [0.05, 0.1) is 18.2 Å². The van der Waals surface area contributed by atoms with Gasteiger partial charge in [0.15, 0.2) is 23.1 Å². The number of nitrogens with zero attached hydrogens (tertiary/aromatic N) is 1. The van der Waals surface area contributed by atoms with Crippen LogP contribution < -0.4 is 9.47 Å². The average Bonchev–Trinajstić information content (AvgIpc) is 2.91. The predicted molar refractivity (Wildman–Crippen MR) is 173 cm³/mol. The first-order valence-corrected chi connectivity index (χ1v) is 16.1. The van der Waals surface area contributed by atoms with Crippen molar-refractivity contribution in [3.8, 4) is 11.5 Å². The van der Waals surface area contributed by atoms with Crippen LogP contribution in [0.4, 0.5) is 0 Å². The summed E-state index contributed by atoms with van der Waals surface area (Å²) in [4.78, 5) is 30.3. The SMILES string of the molecule is CCOc1cc(C2C3=C(CC(C)(C)CC3=O)N(CCOC)C3=C2C(=O)CC(C)(C)C3)cc(Cl)c1OCc1ccc(Br)cc1. The summed E-state index contributed by atoms with van der Waals surface area (Å²) in [6.45, 7) is 12.3. The third kappa shape index (κ3) is 6.59. The Balaban J connectivity index is 1.66. The quantitative estimate of drug-likeness (QED) is 0.267. The van der Waals surface area contributed by atoms with Crippen LogP contribution in [0.25, 0.3) is 0 Å². The zero-order valence-corrected chi connectivity index (χ0v) is 28.3. The maximum Gasteiger partial charge on any atom is 0.180 e. The highest BCUT2D eigenvalue weighted by Crippen LogP contribution is 2.55. The molecule has 2 aliphatic carbocycles. The fourth-order valence-corrected chi connectivity index (χ4v) is 7.27. The number of hydrogen-bond acceptors (Lipinski definition) is 6. The highest BCUT2D eigenvalue weighted by atomic mass is 79.9. The first-order valence-electron chi connectivity index (χ1n) is 15.0. The van der Waals surface area contributed by atoms with Crippen LogP contribution in [0.1, 0.15) is 77.3 Å². The van der Waals surface area contributed by atoms with E-state index in [0.29, 0.717) is 66.9 Å². The standard InChI is InChI=1S/C35H41BrClNO5/c1-7-42-29-15-22(14-24(37)33(29)43-20-21-8-10-23(36)11-9-21)30-31-25(16-34(2,3)18-27(31)39)38(12-13-41-6)26-17-35(4,5)19-28(40)32(26)30/h8-11,14-15,30H,7,12-13,16-20H2,1-6H3. The molecule has 0 aromatic heterocycles. The molecule has 2 aromatic rings. The van der Waals surface area contributed by atoms with Crippen molar-refractivity contribution >= 4 is 39.1 Å². The zero-order chi connectivity index (χ0) is 31.1.